The molecule has 0 radical (unpaired) electrons. The van der Waals surface area contributed by atoms with Gasteiger partial charge in [-0.3, -0.25) is 0 Å². The van der Waals surface area contributed by atoms with Crippen molar-refractivity contribution in [1.29, 1.82) is 0 Å². The van der Waals surface area contributed by atoms with Crippen LogP contribution in [0.3, 0.4) is 0 Å². The summed E-state index contributed by atoms with van der Waals surface area (Å²) in [7, 11) is 0. The van der Waals surface area contributed by atoms with Gasteiger partial charge in [0.05, 0.1) is 12.2 Å². The first kappa shape index (κ1) is 11.0. The lowest BCUT2D eigenvalue weighted by Gasteiger charge is -2.08. The molecule has 0 aliphatic rings. The third-order valence-electron chi connectivity index (χ3n) is 1.09. The topological polar surface area (TPSA) is 26.3 Å². The van der Waals surface area contributed by atoms with Crippen molar-refractivity contribution in [2.45, 2.75) is 19.5 Å². The summed E-state index contributed by atoms with van der Waals surface area (Å²) >= 11 is 0. The molecule has 2 nitrogen and oxygen atoms in total. The van der Waals surface area contributed by atoms with E-state index in [0.29, 0.717) is 0 Å². The van der Waals surface area contributed by atoms with E-state index in [4.69, 9.17) is 0 Å². The number of halogens is 3. The number of rotatable bonds is 4. The highest BCUT2D eigenvalue weighted by molar-refractivity contribution is 5.88. The molecule has 0 aromatic heterocycles. The predicted octanol–water partition coefficient (Wildman–Crippen LogP) is 1.71. The lowest BCUT2D eigenvalue weighted by molar-refractivity contribution is -0.140. The number of alkyl halides is 3. The van der Waals surface area contributed by atoms with E-state index < -0.39 is 24.1 Å². The summed E-state index contributed by atoms with van der Waals surface area (Å²) in [5, 5.41) is 0. The molecule has 0 aromatic carbocycles. The highest BCUT2D eigenvalue weighted by atomic mass is 19.3. The van der Waals surface area contributed by atoms with E-state index in [1.807, 2.05) is 0 Å². The molecule has 1 unspecified atom stereocenters. The van der Waals surface area contributed by atoms with Crippen molar-refractivity contribution in [1.82, 2.24) is 0 Å². The highest BCUT2D eigenvalue weighted by Gasteiger charge is 2.27. The van der Waals surface area contributed by atoms with Crippen molar-refractivity contribution in [2.75, 3.05) is 6.61 Å². The first-order valence-electron chi connectivity index (χ1n) is 3.28. The fourth-order valence-electron chi connectivity index (χ4n) is 0.488. The second kappa shape index (κ2) is 4.79. The van der Waals surface area contributed by atoms with Crippen molar-refractivity contribution in [2.24, 2.45) is 0 Å². The molecular weight excluding hydrogens is 173 g/mol. The molecule has 0 saturated carbocycles. The first-order valence-corrected chi connectivity index (χ1v) is 3.28. The monoisotopic (exact) mass is 182 g/mol. The molecule has 0 saturated heterocycles. The number of hydrogen-bond donors (Lipinski definition) is 0. The average molecular weight is 182 g/mol. The van der Waals surface area contributed by atoms with Gasteiger partial charge in [0.1, 0.15) is 0 Å². The third kappa shape index (κ3) is 2.94. The zero-order valence-electron chi connectivity index (χ0n) is 6.52. The van der Waals surface area contributed by atoms with Crippen molar-refractivity contribution < 1.29 is 22.7 Å². The predicted molar refractivity (Wildman–Crippen MR) is 36.7 cm³/mol. The van der Waals surface area contributed by atoms with Crippen LogP contribution in [0, 0.1) is 0 Å². The summed E-state index contributed by atoms with van der Waals surface area (Å²) in [5.74, 6) is -1.12. The molecule has 0 aliphatic heterocycles. The van der Waals surface area contributed by atoms with Crippen LogP contribution in [0.2, 0.25) is 0 Å². The summed E-state index contributed by atoms with van der Waals surface area (Å²) < 4.78 is 39.9. The molecule has 0 aromatic rings. The average Bonchev–Trinajstić information content (AvgIpc) is 2.02. The van der Waals surface area contributed by atoms with E-state index in [9.17, 15) is 18.0 Å². The molecule has 70 valence electrons. The Hall–Kier alpha value is -1.00. The van der Waals surface area contributed by atoms with Crippen LogP contribution in [-0.2, 0) is 9.53 Å². The van der Waals surface area contributed by atoms with Crippen LogP contribution >= 0.6 is 0 Å². The molecule has 0 fully saturated rings. The van der Waals surface area contributed by atoms with Crippen LogP contribution in [0.25, 0.3) is 0 Å². The van der Waals surface area contributed by atoms with E-state index in [1.54, 1.807) is 0 Å². The smallest absolute Gasteiger partial charge is 0.336 e. The van der Waals surface area contributed by atoms with Gasteiger partial charge in [-0.1, -0.05) is 6.58 Å². The maximum absolute atomic E-state index is 12.3. The molecular formula is C7H9F3O2. The molecule has 0 N–H and O–H groups in total. The Morgan fingerprint density at radius 2 is 2.00 bits per heavy atom. The molecule has 0 heterocycles. The first-order chi connectivity index (χ1) is 5.50. The van der Waals surface area contributed by atoms with Gasteiger partial charge in [0.25, 0.3) is 6.43 Å². The van der Waals surface area contributed by atoms with Crippen LogP contribution in [0.1, 0.15) is 6.92 Å². The second-order valence-corrected chi connectivity index (χ2v) is 1.98. The van der Waals surface area contributed by atoms with Gasteiger partial charge >= 0.3 is 5.97 Å². The number of esters is 1. The molecule has 0 rings (SSSR count). The largest absolute Gasteiger partial charge is 0.463 e. The molecule has 0 aliphatic carbocycles. The van der Waals surface area contributed by atoms with Crippen LogP contribution < -0.4 is 0 Å². The fourth-order valence-corrected chi connectivity index (χ4v) is 0.488. The van der Waals surface area contributed by atoms with Gasteiger partial charge in [-0.25, -0.2) is 18.0 Å². The van der Waals surface area contributed by atoms with Gasteiger partial charge in [0.2, 0.25) is 0 Å². The van der Waals surface area contributed by atoms with Gasteiger partial charge in [0.15, 0.2) is 6.17 Å². The molecule has 5 heteroatoms. The molecule has 0 bridgehead atoms. The minimum Gasteiger partial charge on any atom is -0.463 e. The molecule has 0 amide bonds. The zero-order chi connectivity index (χ0) is 9.72. The van der Waals surface area contributed by atoms with E-state index in [1.165, 1.54) is 6.92 Å². The number of ether oxygens (including phenoxy) is 1. The number of carbonyl (C=O) groups is 1. The molecule has 12 heavy (non-hydrogen) atoms. The highest BCUT2D eigenvalue weighted by Crippen LogP contribution is 2.14. The minimum absolute atomic E-state index is 0.00775. The van der Waals surface area contributed by atoms with E-state index in [0.717, 1.165) is 0 Å². The summed E-state index contributed by atoms with van der Waals surface area (Å²) in [6, 6.07) is 0. The normalized spacial score (nSPS) is 12.8. The fraction of sp³-hybridized carbons (Fsp3) is 0.571. The van der Waals surface area contributed by atoms with Gasteiger partial charge in [0, 0.05) is 0 Å². The lowest BCUT2D eigenvalue weighted by atomic mass is 10.2. The minimum atomic E-state index is -3.23. The summed E-state index contributed by atoms with van der Waals surface area (Å²) in [4.78, 5) is 10.6. The maximum Gasteiger partial charge on any atom is 0.336 e. The third-order valence-corrected chi connectivity index (χ3v) is 1.09. The maximum atomic E-state index is 12.3. The number of carbonyl (C=O) groups excluding carboxylic acids is 1. The second-order valence-electron chi connectivity index (χ2n) is 1.98. The molecule has 0 spiro atoms. The van der Waals surface area contributed by atoms with E-state index in [2.05, 4.69) is 11.3 Å². The van der Waals surface area contributed by atoms with Gasteiger partial charge in [-0.05, 0) is 6.92 Å². The Kier molecular flexibility index (Phi) is 4.39. The van der Waals surface area contributed by atoms with Crippen LogP contribution in [-0.4, -0.2) is 25.2 Å². The van der Waals surface area contributed by atoms with Crippen molar-refractivity contribution in [3.63, 3.8) is 0 Å². The summed E-state index contributed by atoms with van der Waals surface area (Å²) in [6.07, 6.45) is -5.87. The Balaban J connectivity index is 4.10. The Morgan fingerprint density at radius 1 is 1.50 bits per heavy atom. The van der Waals surface area contributed by atoms with Crippen LogP contribution in [0.15, 0.2) is 12.2 Å². The van der Waals surface area contributed by atoms with Gasteiger partial charge in [-0.2, -0.15) is 0 Å². The number of hydrogen-bond acceptors (Lipinski definition) is 2. The summed E-state index contributed by atoms with van der Waals surface area (Å²) in [5.41, 5.74) is -0.841. The van der Waals surface area contributed by atoms with Gasteiger partial charge in [-0.15, -0.1) is 0 Å². The van der Waals surface area contributed by atoms with Crippen molar-refractivity contribution in [3.8, 4) is 0 Å². The zero-order valence-corrected chi connectivity index (χ0v) is 6.52. The lowest BCUT2D eigenvalue weighted by Crippen LogP contribution is -2.22. The Labute approximate surface area is 68.0 Å². The van der Waals surface area contributed by atoms with Crippen LogP contribution in [0.5, 0.6) is 0 Å². The van der Waals surface area contributed by atoms with Crippen molar-refractivity contribution >= 4 is 5.97 Å². The van der Waals surface area contributed by atoms with Crippen molar-refractivity contribution in [3.05, 3.63) is 12.2 Å². The van der Waals surface area contributed by atoms with E-state index >= 15 is 0 Å². The van der Waals surface area contributed by atoms with Gasteiger partial charge < -0.3 is 4.74 Å². The SMILES string of the molecule is C=C(C(=O)OCC)C(F)C(F)F. The van der Waals surface area contributed by atoms with E-state index in [-0.39, 0.29) is 6.61 Å². The van der Waals surface area contributed by atoms with Crippen LogP contribution in [0.4, 0.5) is 13.2 Å². The Bertz CT molecular complexity index is 179. The summed E-state index contributed by atoms with van der Waals surface area (Å²) in [6.45, 7) is 4.36. The quantitative estimate of drug-likeness (QED) is 0.488. The Morgan fingerprint density at radius 3 is 2.33 bits per heavy atom. The molecule has 1 atom stereocenters. The standard InChI is InChI=1S/C7H9F3O2/c1-3-12-7(11)4(2)5(8)6(9)10/h5-6H,2-3H2,1H3.